The Balaban J connectivity index is 1.94. The van der Waals surface area contributed by atoms with E-state index in [1.165, 1.54) is 7.11 Å². The van der Waals surface area contributed by atoms with Crippen LogP contribution in [-0.4, -0.2) is 48.3 Å². The summed E-state index contributed by atoms with van der Waals surface area (Å²) in [6.07, 6.45) is 0.911. The van der Waals surface area contributed by atoms with E-state index in [4.69, 9.17) is 9.47 Å². The molecule has 0 radical (unpaired) electrons. The van der Waals surface area contributed by atoms with Crippen LogP contribution in [0.3, 0.4) is 0 Å². The minimum atomic E-state index is -0.532. The number of thioether (sulfide) groups is 1. The molecule has 0 aliphatic carbocycles. The van der Waals surface area contributed by atoms with Crippen LogP contribution < -0.4 is 14.8 Å². The van der Waals surface area contributed by atoms with E-state index in [1.54, 1.807) is 23.8 Å². The number of rotatable bonds is 6. The second kappa shape index (κ2) is 7.26. The molecule has 7 heteroatoms. The number of carbonyl (C=O) groups is 2. The van der Waals surface area contributed by atoms with Gasteiger partial charge in [0, 0.05) is 16.9 Å². The average Bonchev–Trinajstić information content (AvgIpc) is 3.03. The highest BCUT2D eigenvalue weighted by atomic mass is 32.2. The fourth-order valence-electron chi connectivity index (χ4n) is 3.84. The predicted octanol–water partition coefficient (Wildman–Crippen LogP) is 3.21. The van der Waals surface area contributed by atoms with Gasteiger partial charge in [0.2, 0.25) is 5.91 Å². The third kappa shape index (κ3) is 3.26. The van der Waals surface area contributed by atoms with Crippen LogP contribution in [0, 0.1) is 5.92 Å². The molecule has 2 atom stereocenters. The third-order valence-electron chi connectivity index (χ3n) is 5.17. The van der Waals surface area contributed by atoms with Crippen LogP contribution in [0.2, 0.25) is 0 Å². The van der Waals surface area contributed by atoms with Crippen molar-refractivity contribution in [3.05, 3.63) is 23.3 Å². The van der Waals surface area contributed by atoms with Gasteiger partial charge in [-0.1, -0.05) is 19.9 Å². The van der Waals surface area contributed by atoms with Gasteiger partial charge in [-0.25, -0.2) is 0 Å². The Kier molecular flexibility index (Phi) is 5.34. The molecule has 2 aliphatic rings. The van der Waals surface area contributed by atoms with Crippen LogP contribution in [0.25, 0.3) is 0 Å². The maximum Gasteiger partial charge on any atom is 0.260 e. The van der Waals surface area contributed by atoms with Crippen LogP contribution in [0.1, 0.15) is 55.4 Å². The first-order valence-corrected chi connectivity index (χ1v) is 10.1. The Morgan fingerprint density at radius 3 is 2.59 bits per heavy atom. The lowest BCUT2D eigenvalue weighted by molar-refractivity contribution is -0.126. The van der Waals surface area contributed by atoms with E-state index in [-0.39, 0.29) is 21.9 Å². The summed E-state index contributed by atoms with van der Waals surface area (Å²) in [4.78, 5) is 28.0. The van der Waals surface area contributed by atoms with Crippen LogP contribution in [-0.2, 0) is 4.79 Å². The molecule has 27 heavy (non-hydrogen) atoms. The third-order valence-corrected chi connectivity index (χ3v) is 6.70. The van der Waals surface area contributed by atoms with Crippen molar-refractivity contribution in [2.24, 2.45) is 5.92 Å². The normalized spacial score (nSPS) is 22.6. The highest BCUT2D eigenvalue weighted by molar-refractivity contribution is 8.01. The summed E-state index contributed by atoms with van der Waals surface area (Å²) in [5.74, 6) is 1.20. The van der Waals surface area contributed by atoms with Crippen molar-refractivity contribution in [2.75, 3.05) is 20.8 Å². The van der Waals surface area contributed by atoms with Gasteiger partial charge in [-0.15, -0.1) is 11.8 Å². The zero-order valence-electron chi connectivity index (χ0n) is 16.8. The summed E-state index contributed by atoms with van der Waals surface area (Å²) < 4.78 is 10.4. The molecule has 2 unspecified atom stereocenters. The Hall–Kier alpha value is -1.89. The van der Waals surface area contributed by atoms with Gasteiger partial charge in [0.15, 0.2) is 11.5 Å². The van der Waals surface area contributed by atoms with Crippen LogP contribution >= 0.6 is 11.8 Å². The number of amides is 2. The van der Waals surface area contributed by atoms with E-state index < -0.39 is 6.04 Å². The van der Waals surface area contributed by atoms with Gasteiger partial charge >= 0.3 is 0 Å². The van der Waals surface area contributed by atoms with Gasteiger partial charge in [-0.05, 0) is 32.3 Å². The smallest absolute Gasteiger partial charge is 0.260 e. The van der Waals surface area contributed by atoms with Crippen molar-refractivity contribution in [1.29, 1.82) is 0 Å². The van der Waals surface area contributed by atoms with Crippen LogP contribution in [0.15, 0.2) is 12.1 Å². The largest absolute Gasteiger partial charge is 0.493 e. The second-order valence-electron chi connectivity index (χ2n) is 7.93. The SMILES string of the molecule is COc1ccc2c(c1OC)C(=O)N1C2SC(C)(C)C1C(=O)NCCC(C)C. The lowest BCUT2D eigenvalue weighted by atomic mass is 10.0. The van der Waals surface area contributed by atoms with E-state index in [9.17, 15) is 9.59 Å². The zero-order valence-corrected chi connectivity index (χ0v) is 17.6. The molecular formula is C20H28N2O4S. The summed E-state index contributed by atoms with van der Waals surface area (Å²) >= 11 is 1.64. The number of hydrogen-bond acceptors (Lipinski definition) is 5. The number of nitrogens with one attached hydrogen (secondary N) is 1. The average molecular weight is 393 g/mol. The Labute approximate surface area is 165 Å². The minimum Gasteiger partial charge on any atom is -0.493 e. The molecule has 1 aromatic carbocycles. The van der Waals surface area contributed by atoms with Gasteiger partial charge in [0.1, 0.15) is 11.4 Å². The quantitative estimate of drug-likeness (QED) is 0.805. The zero-order chi connectivity index (χ0) is 19.9. The summed E-state index contributed by atoms with van der Waals surface area (Å²) in [5, 5.41) is 2.83. The molecule has 1 saturated heterocycles. The molecule has 0 aromatic heterocycles. The van der Waals surface area contributed by atoms with Gasteiger partial charge in [0.25, 0.3) is 5.91 Å². The molecule has 0 spiro atoms. The first-order chi connectivity index (χ1) is 12.7. The molecule has 0 saturated carbocycles. The lowest BCUT2D eigenvalue weighted by Gasteiger charge is -2.29. The number of fused-ring (bicyclic) bond motifs is 3. The number of nitrogens with zero attached hydrogens (tertiary/aromatic N) is 1. The predicted molar refractivity (Wildman–Crippen MR) is 106 cm³/mol. The summed E-state index contributed by atoms with van der Waals surface area (Å²) in [6, 6.07) is 3.19. The number of benzene rings is 1. The van der Waals surface area contributed by atoms with Gasteiger partial charge < -0.3 is 19.7 Å². The highest BCUT2D eigenvalue weighted by Gasteiger charge is 2.58. The first-order valence-electron chi connectivity index (χ1n) is 9.26. The standard InChI is InChI=1S/C20H28N2O4S/c1-11(2)9-10-21-17(23)16-20(3,4)27-19-12-7-8-13(25-5)15(26-6)14(12)18(24)22(16)19/h7-8,11,16,19H,9-10H2,1-6H3,(H,21,23). The molecule has 1 aromatic rings. The van der Waals surface area contributed by atoms with Gasteiger partial charge in [-0.3, -0.25) is 9.59 Å². The van der Waals surface area contributed by atoms with Crippen LogP contribution in [0.4, 0.5) is 0 Å². The van der Waals surface area contributed by atoms with Crippen molar-refractivity contribution >= 4 is 23.6 Å². The molecule has 1 N–H and O–H groups in total. The van der Waals surface area contributed by atoms with E-state index >= 15 is 0 Å². The van der Waals surface area contributed by atoms with E-state index in [1.807, 2.05) is 26.0 Å². The van der Waals surface area contributed by atoms with Gasteiger partial charge in [0.05, 0.1) is 19.8 Å². The van der Waals surface area contributed by atoms with Crippen molar-refractivity contribution in [1.82, 2.24) is 10.2 Å². The number of ether oxygens (including phenoxy) is 2. The fraction of sp³-hybridized carbons (Fsp3) is 0.600. The van der Waals surface area contributed by atoms with Crippen molar-refractivity contribution < 1.29 is 19.1 Å². The molecule has 2 amide bonds. The molecule has 2 heterocycles. The number of methoxy groups -OCH3 is 2. The van der Waals surface area contributed by atoms with Crippen molar-refractivity contribution in [3.8, 4) is 11.5 Å². The summed E-state index contributed by atoms with van der Waals surface area (Å²) in [5.41, 5.74) is 1.39. The fourth-order valence-corrected chi connectivity index (χ4v) is 5.42. The topological polar surface area (TPSA) is 67.9 Å². The van der Waals surface area contributed by atoms with Crippen molar-refractivity contribution in [2.45, 2.75) is 50.3 Å². The highest BCUT2D eigenvalue weighted by Crippen LogP contribution is 2.58. The Bertz CT molecular complexity index is 763. The molecule has 0 bridgehead atoms. The van der Waals surface area contributed by atoms with Crippen LogP contribution in [0.5, 0.6) is 11.5 Å². The lowest BCUT2D eigenvalue weighted by Crippen LogP contribution is -2.52. The maximum atomic E-state index is 13.3. The van der Waals surface area contributed by atoms with E-state index in [0.29, 0.717) is 29.5 Å². The van der Waals surface area contributed by atoms with Crippen molar-refractivity contribution in [3.63, 3.8) is 0 Å². The molecule has 148 valence electrons. The molecule has 3 rings (SSSR count). The molecule has 6 nitrogen and oxygen atoms in total. The van der Waals surface area contributed by atoms with Gasteiger partial charge in [-0.2, -0.15) is 0 Å². The molecule has 2 aliphatic heterocycles. The Morgan fingerprint density at radius 2 is 2.00 bits per heavy atom. The number of carbonyl (C=O) groups excluding carboxylic acids is 2. The minimum absolute atomic E-state index is 0.0947. The first kappa shape index (κ1) is 19.9. The Morgan fingerprint density at radius 1 is 1.30 bits per heavy atom. The molecular weight excluding hydrogens is 364 g/mol. The second-order valence-corrected chi connectivity index (χ2v) is 9.66. The van der Waals surface area contributed by atoms with E-state index in [2.05, 4.69) is 19.2 Å². The maximum absolute atomic E-state index is 13.3. The summed E-state index contributed by atoms with van der Waals surface area (Å²) in [7, 11) is 3.08. The number of hydrogen-bond donors (Lipinski definition) is 1. The summed E-state index contributed by atoms with van der Waals surface area (Å²) in [6.45, 7) is 8.91. The monoisotopic (exact) mass is 392 g/mol. The van der Waals surface area contributed by atoms with E-state index in [0.717, 1.165) is 12.0 Å². The molecule has 1 fully saturated rings.